The molecule has 0 amide bonds. The summed E-state index contributed by atoms with van der Waals surface area (Å²) in [6, 6.07) is 5.04. The summed E-state index contributed by atoms with van der Waals surface area (Å²) < 4.78 is 0. The fourth-order valence-electron chi connectivity index (χ4n) is 1.67. The van der Waals surface area contributed by atoms with Crippen molar-refractivity contribution in [3.05, 3.63) is 34.9 Å². The fraction of sp³-hybridized carbons (Fsp3) is 0.333. The van der Waals surface area contributed by atoms with Crippen LogP contribution in [-0.2, 0) is 21.3 Å². The van der Waals surface area contributed by atoms with E-state index in [2.05, 4.69) is 15.9 Å². The molecule has 0 spiro atoms. The summed E-state index contributed by atoms with van der Waals surface area (Å²) in [6.45, 7) is 0. The standard InChI is InChI=1S/C12H12BrClO4/c13-5-8-3-1-2-7(4-9(15)6-14)10(8)11(16)12(17)18/h1-3,11,16H,4-6H2,(H,17,18). The lowest BCUT2D eigenvalue weighted by atomic mass is 9.94. The molecule has 1 atom stereocenters. The number of carboxylic acids is 1. The zero-order valence-electron chi connectivity index (χ0n) is 9.40. The van der Waals surface area contributed by atoms with E-state index in [4.69, 9.17) is 16.7 Å². The van der Waals surface area contributed by atoms with E-state index in [0.29, 0.717) is 16.5 Å². The van der Waals surface area contributed by atoms with Crippen LogP contribution in [0.4, 0.5) is 0 Å². The van der Waals surface area contributed by atoms with Crippen molar-refractivity contribution < 1.29 is 19.8 Å². The highest BCUT2D eigenvalue weighted by Crippen LogP contribution is 2.25. The van der Waals surface area contributed by atoms with Crippen LogP contribution in [0.5, 0.6) is 0 Å². The number of aliphatic hydroxyl groups is 1. The summed E-state index contributed by atoms with van der Waals surface area (Å²) >= 11 is 8.66. The summed E-state index contributed by atoms with van der Waals surface area (Å²) in [6.07, 6.45) is -1.62. The van der Waals surface area contributed by atoms with Gasteiger partial charge in [0.2, 0.25) is 0 Å². The Morgan fingerprint density at radius 2 is 1.94 bits per heavy atom. The number of aliphatic carboxylic acids is 1. The van der Waals surface area contributed by atoms with Gasteiger partial charge in [0.05, 0.1) is 5.88 Å². The lowest BCUT2D eigenvalue weighted by molar-refractivity contribution is -0.147. The Kier molecular flexibility index (Phi) is 5.78. The number of ketones is 1. The maximum atomic E-state index is 11.4. The van der Waals surface area contributed by atoms with Gasteiger partial charge in [0, 0.05) is 11.8 Å². The van der Waals surface area contributed by atoms with E-state index in [0.717, 1.165) is 0 Å². The Hall–Kier alpha value is -0.910. The van der Waals surface area contributed by atoms with Crippen LogP contribution in [0.25, 0.3) is 0 Å². The Bertz CT molecular complexity index is 461. The molecule has 0 radical (unpaired) electrons. The summed E-state index contributed by atoms with van der Waals surface area (Å²) in [5.41, 5.74) is 1.40. The molecule has 0 aliphatic rings. The Labute approximate surface area is 118 Å². The van der Waals surface area contributed by atoms with Crippen molar-refractivity contribution in [2.45, 2.75) is 17.9 Å². The molecule has 0 aliphatic heterocycles. The molecule has 0 bridgehead atoms. The number of carbonyl (C=O) groups excluding carboxylic acids is 1. The number of rotatable bonds is 6. The molecule has 4 nitrogen and oxygen atoms in total. The fourth-order valence-corrected chi connectivity index (χ4v) is 2.25. The third kappa shape index (κ3) is 3.54. The summed E-state index contributed by atoms with van der Waals surface area (Å²) in [5, 5.41) is 19.0. The minimum absolute atomic E-state index is 0.0179. The molecule has 0 fully saturated rings. The van der Waals surface area contributed by atoms with Gasteiger partial charge in [0.15, 0.2) is 11.9 Å². The number of benzene rings is 1. The van der Waals surface area contributed by atoms with Crippen LogP contribution in [0.15, 0.2) is 18.2 Å². The molecule has 6 heteroatoms. The van der Waals surface area contributed by atoms with E-state index in [1.807, 2.05) is 0 Å². The van der Waals surface area contributed by atoms with Crippen LogP contribution in [0.2, 0.25) is 0 Å². The third-order valence-electron chi connectivity index (χ3n) is 2.47. The van der Waals surface area contributed by atoms with Gasteiger partial charge in [-0.15, -0.1) is 11.6 Å². The van der Waals surface area contributed by atoms with Crippen molar-refractivity contribution in [2.24, 2.45) is 0 Å². The second kappa shape index (κ2) is 6.87. The van der Waals surface area contributed by atoms with E-state index >= 15 is 0 Å². The van der Waals surface area contributed by atoms with Crippen LogP contribution in [0.3, 0.4) is 0 Å². The third-order valence-corrected chi connectivity index (χ3v) is 3.38. The van der Waals surface area contributed by atoms with Gasteiger partial charge in [-0.05, 0) is 16.7 Å². The first-order valence-corrected chi connectivity index (χ1v) is 6.82. The summed E-state index contributed by atoms with van der Waals surface area (Å²) in [4.78, 5) is 22.3. The highest BCUT2D eigenvalue weighted by atomic mass is 79.9. The maximum Gasteiger partial charge on any atom is 0.337 e. The zero-order chi connectivity index (χ0) is 13.7. The predicted molar refractivity (Wildman–Crippen MR) is 71.1 cm³/mol. The van der Waals surface area contributed by atoms with E-state index in [-0.39, 0.29) is 23.6 Å². The molecular weight excluding hydrogens is 323 g/mol. The summed E-state index contributed by atoms with van der Waals surface area (Å²) in [5.74, 6) is -1.70. The normalized spacial score (nSPS) is 12.2. The molecular formula is C12H12BrClO4. The van der Waals surface area contributed by atoms with E-state index in [9.17, 15) is 14.7 Å². The minimum atomic E-state index is -1.64. The highest BCUT2D eigenvalue weighted by Gasteiger charge is 2.23. The minimum Gasteiger partial charge on any atom is -0.479 e. The van der Waals surface area contributed by atoms with Crippen molar-refractivity contribution in [3.63, 3.8) is 0 Å². The number of halogens is 2. The zero-order valence-corrected chi connectivity index (χ0v) is 11.7. The predicted octanol–water partition coefficient (Wildman–Crippen LogP) is 2.05. The second-order valence-electron chi connectivity index (χ2n) is 3.71. The van der Waals surface area contributed by atoms with Crippen LogP contribution >= 0.6 is 27.5 Å². The topological polar surface area (TPSA) is 74.6 Å². The number of aliphatic hydroxyl groups excluding tert-OH is 1. The van der Waals surface area contributed by atoms with E-state index < -0.39 is 12.1 Å². The van der Waals surface area contributed by atoms with Crippen molar-refractivity contribution in [1.82, 2.24) is 0 Å². The number of hydrogen-bond donors (Lipinski definition) is 2. The Morgan fingerprint density at radius 1 is 1.33 bits per heavy atom. The molecule has 0 heterocycles. The van der Waals surface area contributed by atoms with Crippen molar-refractivity contribution >= 4 is 39.3 Å². The number of Topliss-reactive ketones (excluding diaryl/α,β-unsaturated/α-hetero) is 1. The maximum absolute atomic E-state index is 11.4. The number of hydrogen-bond acceptors (Lipinski definition) is 3. The van der Waals surface area contributed by atoms with E-state index in [1.165, 1.54) is 0 Å². The summed E-state index contributed by atoms with van der Waals surface area (Å²) in [7, 11) is 0. The molecule has 0 aromatic heterocycles. The number of alkyl halides is 2. The Morgan fingerprint density at radius 3 is 2.44 bits per heavy atom. The lowest BCUT2D eigenvalue weighted by Crippen LogP contribution is -2.17. The molecule has 1 rings (SSSR count). The monoisotopic (exact) mass is 334 g/mol. The van der Waals surface area contributed by atoms with Crippen molar-refractivity contribution in [2.75, 3.05) is 5.88 Å². The average molecular weight is 336 g/mol. The average Bonchev–Trinajstić information content (AvgIpc) is 2.37. The van der Waals surface area contributed by atoms with Gasteiger partial charge in [-0.25, -0.2) is 4.79 Å². The van der Waals surface area contributed by atoms with Gasteiger partial charge in [0.1, 0.15) is 0 Å². The quantitative estimate of drug-likeness (QED) is 0.780. The molecule has 18 heavy (non-hydrogen) atoms. The smallest absolute Gasteiger partial charge is 0.337 e. The molecule has 1 aromatic rings. The van der Waals surface area contributed by atoms with Crippen molar-refractivity contribution in [1.29, 1.82) is 0 Å². The van der Waals surface area contributed by atoms with E-state index in [1.54, 1.807) is 18.2 Å². The van der Waals surface area contributed by atoms with Crippen LogP contribution in [0, 0.1) is 0 Å². The first-order chi connectivity index (χ1) is 8.51. The molecule has 1 unspecified atom stereocenters. The van der Waals surface area contributed by atoms with Gasteiger partial charge in [-0.3, -0.25) is 4.79 Å². The van der Waals surface area contributed by atoms with Crippen LogP contribution in [0.1, 0.15) is 22.8 Å². The highest BCUT2D eigenvalue weighted by molar-refractivity contribution is 9.08. The molecule has 0 saturated carbocycles. The lowest BCUT2D eigenvalue weighted by Gasteiger charge is -2.15. The molecule has 0 aliphatic carbocycles. The Balaban J connectivity index is 3.24. The first kappa shape index (κ1) is 15.1. The van der Waals surface area contributed by atoms with Gasteiger partial charge >= 0.3 is 5.97 Å². The second-order valence-corrected chi connectivity index (χ2v) is 4.54. The van der Waals surface area contributed by atoms with Gasteiger partial charge in [0.25, 0.3) is 0 Å². The molecule has 98 valence electrons. The largest absolute Gasteiger partial charge is 0.479 e. The number of carboxylic acid groups (broad SMARTS) is 1. The van der Waals surface area contributed by atoms with Gasteiger partial charge < -0.3 is 10.2 Å². The van der Waals surface area contributed by atoms with Crippen LogP contribution < -0.4 is 0 Å². The van der Waals surface area contributed by atoms with Gasteiger partial charge in [-0.1, -0.05) is 34.1 Å². The number of carbonyl (C=O) groups is 2. The van der Waals surface area contributed by atoms with Crippen LogP contribution in [-0.4, -0.2) is 27.8 Å². The first-order valence-electron chi connectivity index (χ1n) is 5.16. The molecule has 2 N–H and O–H groups in total. The molecule has 1 aromatic carbocycles. The SMILES string of the molecule is O=C(CCl)Cc1cccc(CBr)c1C(O)C(=O)O. The van der Waals surface area contributed by atoms with Gasteiger partial charge in [-0.2, -0.15) is 0 Å². The van der Waals surface area contributed by atoms with Crippen molar-refractivity contribution in [3.8, 4) is 0 Å². The molecule has 0 saturated heterocycles.